The number of nitriles is 1. The number of benzene rings is 2. The maximum absolute atomic E-state index is 9.76. The summed E-state index contributed by atoms with van der Waals surface area (Å²) in [4.78, 5) is 0. The molecule has 20 heavy (non-hydrogen) atoms. The Morgan fingerprint density at radius 1 is 1.15 bits per heavy atom. The van der Waals surface area contributed by atoms with Gasteiger partial charge >= 0.3 is 0 Å². The van der Waals surface area contributed by atoms with Crippen molar-refractivity contribution in [2.75, 3.05) is 7.11 Å². The van der Waals surface area contributed by atoms with Crippen molar-refractivity contribution in [3.63, 3.8) is 0 Å². The summed E-state index contributed by atoms with van der Waals surface area (Å²) in [7, 11) is 1.58. The van der Waals surface area contributed by atoms with Gasteiger partial charge in [-0.3, -0.25) is 0 Å². The van der Waals surface area contributed by atoms with Crippen LogP contribution in [0, 0.1) is 11.3 Å². The molecule has 2 aromatic carbocycles. The first-order valence-electron chi connectivity index (χ1n) is 6.18. The van der Waals surface area contributed by atoms with Crippen LogP contribution in [0.2, 0.25) is 0 Å². The molecule has 0 saturated carbocycles. The molecule has 0 radical (unpaired) electrons. The van der Waals surface area contributed by atoms with Crippen molar-refractivity contribution in [1.82, 2.24) is 0 Å². The van der Waals surface area contributed by atoms with Crippen molar-refractivity contribution in [1.29, 1.82) is 5.26 Å². The lowest BCUT2D eigenvalue weighted by molar-refractivity contribution is 0.195. The van der Waals surface area contributed by atoms with E-state index >= 15 is 0 Å². The number of hydrogen-bond acceptors (Lipinski definition) is 4. The van der Waals surface area contributed by atoms with Gasteiger partial charge in [-0.2, -0.15) is 5.26 Å². The van der Waals surface area contributed by atoms with Crippen molar-refractivity contribution < 1.29 is 14.6 Å². The van der Waals surface area contributed by atoms with Crippen LogP contribution in [0.1, 0.15) is 24.2 Å². The molecule has 0 aliphatic carbocycles. The third kappa shape index (κ3) is 3.08. The van der Waals surface area contributed by atoms with Crippen LogP contribution in [0.4, 0.5) is 0 Å². The SMILES string of the molecule is COc1cccc(Oc2cc(C#N)ccc2[C@H](C)O)c1. The molecule has 4 heteroatoms. The Hall–Kier alpha value is -2.51. The van der Waals surface area contributed by atoms with Gasteiger partial charge in [-0.1, -0.05) is 12.1 Å². The van der Waals surface area contributed by atoms with Crippen molar-refractivity contribution in [3.8, 4) is 23.3 Å². The first-order chi connectivity index (χ1) is 9.63. The van der Waals surface area contributed by atoms with Crippen molar-refractivity contribution in [3.05, 3.63) is 53.6 Å². The van der Waals surface area contributed by atoms with Crippen LogP contribution in [0.25, 0.3) is 0 Å². The molecular formula is C16H15NO3. The number of ether oxygens (including phenoxy) is 2. The fourth-order valence-electron chi connectivity index (χ4n) is 1.83. The highest BCUT2D eigenvalue weighted by Gasteiger charge is 2.11. The lowest BCUT2D eigenvalue weighted by atomic mass is 10.1. The molecule has 4 nitrogen and oxygen atoms in total. The van der Waals surface area contributed by atoms with E-state index in [9.17, 15) is 5.11 Å². The molecule has 2 rings (SSSR count). The van der Waals surface area contributed by atoms with Crippen LogP contribution in [0.3, 0.4) is 0 Å². The van der Waals surface area contributed by atoms with Gasteiger partial charge in [0.1, 0.15) is 17.2 Å². The van der Waals surface area contributed by atoms with Gasteiger partial charge in [0.15, 0.2) is 0 Å². The average Bonchev–Trinajstić information content (AvgIpc) is 2.47. The van der Waals surface area contributed by atoms with E-state index in [0.29, 0.717) is 28.4 Å². The summed E-state index contributed by atoms with van der Waals surface area (Å²) < 4.78 is 10.9. The minimum Gasteiger partial charge on any atom is -0.497 e. The number of methoxy groups -OCH3 is 1. The first kappa shape index (κ1) is 13.9. The summed E-state index contributed by atoms with van der Waals surface area (Å²) in [6.07, 6.45) is -0.677. The molecule has 1 N–H and O–H groups in total. The Morgan fingerprint density at radius 3 is 2.55 bits per heavy atom. The summed E-state index contributed by atoms with van der Waals surface area (Å²) in [5.74, 6) is 1.73. The van der Waals surface area contributed by atoms with Gasteiger partial charge in [-0.25, -0.2) is 0 Å². The molecule has 0 unspecified atom stereocenters. The van der Waals surface area contributed by atoms with Crippen LogP contribution < -0.4 is 9.47 Å². The maximum atomic E-state index is 9.76. The summed E-state index contributed by atoms with van der Waals surface area (Å²) in [6, 6.07) is 14.2. The molecule has 0 fully saturated rings. The van der Waals surface area contributed by atoms with Crippen molar-refractivity contribution >= 4 is 0 Å². The lowest BCUT2D eigenvalue weighted by Crippen LogP contribution is -1.97. The highest BCUT2D eigenvalue weighted by Crippen LogP contribution is 2.31. The first-order valence-corrected chi connectivity index (χ1v) is 6.18. The zero-order valence-corrected chi connectivity index (χ0v) is 11.3. The van der Waals surface area contributed by atoms with Crippen LogP contribution in [0.5, 0.6) is 17.2 Å². The number of nitrogens with zero attached hydrogens (tertiary/aromatic N) is 1. The van der Waals surface area contributed by atoms with E-state index in [1.807, 2.05) is 12.1 Å². The van der Waals surface area contributed by atoms with Crippen LogP contribution in [-0.2, 0) is 0 Å². The van der Waals surface area contributed by atoms with Gasteiger partial charge in [0.25, 0.3) is 0 Å². The lowest BCUT2D eigenvalue weighted by Gasteiger charge is -2.14. The monoisotopic (exact) mass is 269 g/mol. The van der Waals surface area contributed by atoms with E-state index in [4.69, 9.17) is 14.7 Å². The molecule has 0 amide bonds. The minimum atomic E-state index is -0.677. The molecule has 0 spiro atoms. The van der Waals surface area contributed by atoms with E-state index < -0.39 is 6.10 Å². The fraction of sp³-hybridized carbons (Fsp3) is 0.188. The van der Waals surface area contributed by atoms with E-state index in [0.717, 1.165) is 0 Å². The molecule has 102 valence electrons. The highest BCUT2D eigenvalue weighted by atomic mass is 16.5. The number of aliphatic hydroxyl groups excluding tert-OH is 1. The molecule has 2 aromatic rings. The molecule has 0 saturated heterocycles. The zero-order valence-electron chi connectivity index (χ0n) is 11.3. The Balaban J connectivity index is 2.38. The number of rotatable bonds is 4. The summed E-state index contributed by atoms with van der Waals surface area (Å²) >= 11 is 0. The standard InChI is InChI=1S/C16H15NO3/c1-11(18)15-7-6-12(10-17)8-16(15)20-14-5-3-4-13(9-14)19-2/h3-9,11,18H,1-2H3/t11-/m0/s1. The van der Waals surface area contributed by atoms with Crippen molar-refractivity contribution in [2.45, 2.75) is 13.0 Å². The van der Waals surface area contributed by atoms with E-state index in [1.165, 1.54) is 0 Å². The zero-order chi connectivity index (χ0) is 14.5. The van der Waals surface area contributed by atoms with Gasteiger partial charge in [0, 0.05) is 11.6 Å². The van der Waals surface area contributed by atoms with Gasteiger partial charge in [0.2, 0.25) is 0 Å². The van der Waals surface area contributed by atoms with E-state index in [1.54, 1.807) is 44.4 Å². The van der Waals surface area contributed by atoms with Gasteiger partial charge < -0.3 is 14.6 Å². The Kier molecular flexibility index (Phi) is 4.24. The predicted molar refractivity (Wildman–Crippen MR) is 74.9 cm³/mol. The third-order valence-electron chi connectivity index (χ3n) is 2.86. The second-order valence-corrected chi connectivity index (χ2v) is 4.32. The fourth-order valence-corrected chi connectivity index (χ4v) is 1.83. The van der Waals surface area contributed by atoms with Gasteiger partial charge in [-0.15, -0.1) is 0 Å². The topological polar surface area (TPSA) is 62.5 Å². The Labute approximate surface area is 117 Å². The van der Waals surface area contributed by atoms with Gasteiger partial charge in [-0.05, 0) is 31.2 Å². The molecular weight excluding hydrogens is 254 g/mol. The summed E-state index contributed by atoms with van der Waals surface area (Å²) in [5.41, 5.74) is 1.11. The predicted octanol–water partition coefficient (Wildman–Crippen LogP) is 3.41. The second-order valence-electron chi connectivity index (χ2n) is 4.32. The van der Waals surface area contributed by atoms with Crippen LogP contribution in [0.15, 0.2) is 42.5 Å². The smallest absolute Gasteiger partial charge is 0.134 e. The minimum absolute atomic E-state index is 0.465. The Morgan fingerprint density at radius 2 is 1.90 bits per heavy atom. The molecule has 0 aromatic heterocycles. The molecule has 0 aliphatic rings. The van der Waals surface area contributed by atoms with E-state index in [2.05, 4.69) is 6.07 Å². The summed E-state index contributed by atoms with van der Waals surface area (Å²) in [5, 5.41) is 18.7. The Bertz CT molecular complexity index is 644. The summed E-state index contributed by atoms with van der Waals surface area (Å²) in [6.45, 7) is 1.65. The van der Waals surface area contributed by atoms with Gasteiger partial charge in [0.05, 0.1) is 24.8 Å². The molecule has 0 bridgehead atoms. The van der Waals surface area contributed by atoms with Crippen molar-refractivity contribution in [2.24, 2.45) is 0 Å². The quantitative estimate of drug-likeness (QED) is 0.923. The molecule has 0 aliphatic heterocycles. The number of aliphatic hydroxyl groups is 1. The third-order valence-corrected chi connectivity index (χ3v) is 2.86. The molecule has 1 atom stereocenters. The van der Waals surface area contributed by atoms with Crippen LogP contribution >= 0.6 is 0 Å². The largest absolute Gasteiger partial charge is 0.497 e. The average molecular weight is 269 g/mol. The second kappa shape index (κ2) is 6.09. The molecule has 0 heterocycles. The van der Waals surface area contributed by atoms with E-state index in [-0.39, 0.29) is 0 Å². The van der Waals surface area contributed by atoms with Crippen LogP contribution in [-0.4, -0.2) is 12.2 Å². The maximum Gasteiger partial charge on any atom is 0.134 e. The number of hydrogen-bond donors (Lipinski definition) is 1. The highest BCUT2D eigenvalue weighted by molar-refractivity contribution is 5.46. The normalized spacial score (nSPS) is 11.5.